The van der Waals surface area contributed by atoms with E-state index in [0.717, 1.165) is 42.2 Å². The minimum absolute atomic E-state index is 0.00255. The van der Waals surface area contributed by atoms with Gasteiger partial charge in [-0.05, 0) is 44.5 Å². The maximum atomic E-state index is 12.2. The smallest absolute Gasteiger partial charge is 0.290 e. The first kappa shape index (κ1) is 22.9. The summed E-state index contributed by atoms with van der Waals surface area (Å²) < 4.78 is 0. The van der Waals surface area contributed by atoms with Gasteiger partial charge in [0.05, 0.1) is 16.6 Å². The molecule has 3 aromatic rings. The van der Waals surface area contributed by atoms with Crippen molar-refractivity contribution in [3.05, 3.63) is 53.5 Å². The topological polar surface area (TPSA) is 102 Å². The summed E-state index contributed by atoms with van der Waals surface area (Å²) in [4.78, 5) is 37.1. The van der Waals surface area contributed by atoms with Crippen LogP contribution in [-0.2, 0) is 11.2 Å². The highest BCUT2D eigenvalue weighted by Crippen LogP contribution is 2.17. The van der Waals surface area contributed by atoms with Crippen molar-refractivity contribution < 1.29 is 14.7 Å². The van der Waals surface area contributed by atoms with Gasteiger partial charge in [0.2, 0.25) is 0 Å². The molecule has 0 aliphatic carbocycles. The van der Waals surface area contributed by atoms with E-state index in [-0.39, 0.29) is 12.4 Å². The summed E-state index contributed by atoms with van der Waals surface area (Å²) in [7, 11) is 1.80. The predicted molar refractivity (Wildman–Crippen MR) is 118 cm³/mol. The molecular weight excluding hydrogens is 382 g/mol. The van der Waals surface area contributed by atoms with Crippen LogP contribution in [0.15, 0.2) is 36.5 Å². The Hall–Kier alpha value is -3.42. The van der Waals surface area contributed by atoms with Gasteiger partial charge in [-0.1, -0.05) is 12.1 Å². The second kappa shape index (κ2) is 10.9. The molecule has 0 bridgehead atoms. The van der Waals surface area contributed by atoms with Crippen molar-refractivity contribution in [2.24, 2.45) is 0 Å². The molecule has 0 saturated carbocycles. The zero-order chi connectivity index (χ0) is 22.1. The van der Waals surface area contributed by atoms with Gasteiger partial charge in [-0.3, -0.25) is 9.59 Å². The van der Waals surface area contributed by atoms with Gasteiger partial charge in [0.15, 0.2) is 0 Å². The first-order valence-electron chi connectivity index (χ1n) is 9.93. The van der Waals surface area contributed by atoms with Crippen molar-refractivity contribution in [3.8, 4) is 0 Å². The van der Waals surface area contributed by atoms with Crippen LogP contribution in [-0.4, -0.2) is 64.0 Å². The van der Waals surface area contributed by atoms with E-state index in [4.69, 9.17) is 14.9 Å². The molecule has 0 spiro atoms. The van der Waals surface area contributed by atoms with Crippen molar-refractivity contribution in [1.29, 1.82) is 0 Å². The van der Waals surface area contributed by atoms with Gasteiger partial charge in [0.25, 0.3) is 12.4 Å². The van der Waals surface area contributed by atoms with Crippen LogP contribution in [0.1, 0.15) is 35.6 Å². The summed E-state index contributed by atoms with van der Waals surface area (Å²) in [5.74, 6) is 1.85. The van der Waals surface area contributed by atoms with Gasteiger partial charge in [0.1, 0.15) is 11.6 Å². The number of nitrogens with one attached hydrogen (secondary N) is 1. The van der Waals surface area contributed by atoms with Crippen LogP contribution in [0.4, 0.5) is 5.82 Å². The number of nitrogens with zero attached hydrogens (tertiary/aromatic N) is 4. The highest BCUT2D eigenvalue weighted by Gasteiger charge is 2.13. The van der Waals surface area contributed by atoms with Crippen molar-refractivity contribution in [1.82, 2.24) is 19.9 Å². The zero-order valence-electron chi connectivity index (χ0n) is 17.9. The maximum Gasteiger partial charge on any atom is 0.290 e. The van der Waals surface area contributed by atoms with Crippen LogP contribution < -0.4 is 4.90 Å². The molecule has 0 saturated heterocycles. The molecule has 0 radical (unpaired) electrons. The van der Waals surface area contributed by atoms with Crippen molar-refractivity contribution in [2.75, 3.05) is 31.6 Å². The Bertz CT molecular complexity index is 969. The first-order valence-corrected chi connectivity index (χ1v) is 9.93. The number of rotatable bonds is 7. The SMILES string of the molecule is CCN(C)C(=O)c1ccc(N(CC)CCc2nc3c(C)cccc3[nH]2)nc1.O=CO. The van der Waals surface area contributed by atoms with E-state index in [1.807, 2.05) is 25.1 Å². The number of carbonyl (C=O) groups is 2. The average Bonchev–Trinajstić information content (AvgIpc) is 3.18. The highest BCUT2D eigenvalue weighted by molar-refractivity contribution is 5.93. The summed E-state index contributed by atoms with van der Waals surface area (Å²) in [6.45, 7) is 8.22. The summed E-state index contributed by atoms with van der Waals surface area (Å²) >= 11 is 0. The third-order valence-electron chi connectivity index (χ3n) is 4.90. The molecule has 8 heteroatoms. The number of carbonyl (C=O) groups excluding carboxylic acids is 1. The van der Waals surface area contributed by atoms with E-state index < -0.39 is 0 Å². The van der Waals surface area contributed by atoms with Gasteiger partial charge in [-0.15, -0.1) is 0 Å². The molecule has 0 atom stereocenters. The van der Waals surface area contributed by atoms with Crippen LogP contribution in [0.25, 0.3) is 11.0 Å². The minimum atomic E-state index is -0.250. The average molecular weight is 412 g/mol. The summed E-state index contributed by atoms with van der Waals surface area (Å²) in [6, 6.07) is 9.95. The third-order valence-corrected chi connectivity index (χ3v) is 4.90. The fourth-order valence-corrected chi connectivity index (χ4v) is 3.08. The number of aromatic nitrogens is 3. The summed E-state index contributed by atoms with van der Waals surface area (Å²) in [5, 5.41) is 6.89. The number of aromatic amines is 1. The number of carboxylic acid groups (broad SMARTS) is 1. The van der Waals surface area contributed by atoms with Crippen LogP contribution in [0.3, 0.4) is 0 Å². The molecular formula is C22H29N5O3. The quantitative estimate of drug-likeness (QED) is 0.579. The fraction of sp³-hybridized carbons (Fsp3) is 0.364. The standard InChI is InChI=1S/C21H27N5O.CH2O2/c1-5-25(4)21(27)16-10-11-19(22-14-16)26(6-2)13-12-18-23-17-9-7-8-15(3)20(17)24-18;2-1-3/h7-11,14H,5-6,12-13H2,1-4H3,(H,23,24);1H,(H,2,3). The zero-order valence-corrected chi connectivity index (χ0v) is 17.9. The Labute approximate surface area is 176 Å². The normalized spacial score (nSPS) is 10.3. The molecule has 3 rings (SSSR count). The molecule has 0 fully saturated rings. The largest absolute Gasteiger partial charge is 0.483 e. The number of imidazole rings is 1. The molecule has 2 heterocycles. The van der Waals surface area contributed by atoms with Crippen molar-refractivity contribution in [2.45, 2.75) is 27.2 Å². The van der Waals surface area contributed by atoms with E-state index >= 15 is 0 Å². The maximum absolute atomic E-state index is 12.2. The number of benzene rings is 1. The van der Waals surface area contributed by atoms with E-state index in [2.05, 4.69) is 40.8 Å². The number of anilines is 1. The monoisotopic (exact) mass is 411 g/mol. The number of hydrogen-bond acceptors (Lipinski definition) is 5. The second-order valence-electron chi connectivity index (χ2n) is 6.81. The number of hydrogen-bond donors (Lipinski definition) is 2. The molecule has 2 aromatic heterocycles. The summed E-state index contributed by atoms with van der Waals surface area (Å²) in [5.41, 5.74) is 3.92. The fourth-order valence-electron chi connectivity index (χ4n) is 3.08. The first-order chi connectivity index (χ1) is 14.4. The van der Waals surface area contributed by atoms with Gasteiger partial charge in [-0.2, -0.15) is 0 Å². The second-order valence-corrected chi connectivity index (χ2v) is 6.81. The van der Waals surface area contributed by atoms with Gasteiger partial charge >= 0.3 is 0 Å². The highest BCUT2D eigenvalue weighted by atomic mass is 16.3. The number of aryl methyl sites for hydroxylation is 1. The molecule has 0 aliphatic rings. The Kier molecular flexibility index (Phi) is 8.34. The van der Waals surface area contributed by atoms with E-state index in [9.17, 15) is 4.79 Å². The van der Waals surface area contributed by atoms with Crippen LogP contribution in [0.2, 0.25) is 0 Å². The number of amides is 1. The number of H-pyrrole nitrogens is 1. The van der Waals surface area contributed by atoms with Crippen LogP contribution in [0.5, 0.6) is 0 Å². The van der Waals surface area contributed by atoms with Crippen molar-refractivity contribution >= 4 is 29.2 Å². The Morgan fingerprint density at radius 2 is 1.93 bits per heavy atom. The molecule has 1 amide bonds. The lowest BCUT2D eigenvalue weighted by molar-refractivity contribution is -0.122. The number of likely N-dealkylation sites (N-methyl/N-ethyl adjacent to an activating group) is 1. The predicted octanol–water partition coefficient (Wildman–Crippen LogP) is 3.13. The van der Waals surface area contributed by atoms with Gasteiger partial charge in [-0.25, -0.2) is 9.97 Å². The molecule has 8 nitrogen and oxygen atoms in total. The molecule has 0 aliphatic heterocycles. The lowest BCUT2D eigenvalue weighted by Crippen LogP contribution is -2.28. The molecule has 160 valence electrons. The lowest BCUT2D eigenvalue weighted by atomic mass is 10.2. The molecule has 30 heavy (non-hydrogen) atoms. The number of para-hydroxylation sites is 1. The minimum Gasteiger partial charge on any atom is -0.483 e. The van der Waals surface area contributed by atoms with Crippen LogP contribution >= 0.6 is 0 Å². The lowest BCUT2D eigenvalue weighted by Gasteiger charge is -2.22. The van der Waals surface area contributed by atoms with Crippen molar-refractivity contribution in [3.63, 3.8) is 0 Å². The summed E-state index contributed by atoms with van der Waals surface area (Å²) in [6.07, 6.45) is 2.47. The number of fused-ring (bicyclic) bond motifs is 1. The molecule has 2 N–H and O–H groups in total. The van der Waals surface area contributed by atoms with Gasteiger partial charge in [0, 0.05) is 39.3 Å². The Balaban J connectivity index is 0.00000101. The van der Waals surface area contributed by atoms with E-state index in [1.54, 1.807) is 18.1 Å². The molecule has 1 aromatic carbocycles. The number of pyridine rings is 1. The Morgan fingerprint density at radius 3 is 2.50 bits per heavy atom. The molecule has 0 unspecified atom stereocenters. The Morgan fingerprint density at radius 1 is 1.20 bits per heavy atom. The van der Waals surface area contributed by atoms with Crippen LogP contribution in [0, 0.1) is 6.92 Å². The van der Waals surface area contributed by atoms with E-state index in [1.165, 1.54) is 5.56 Å². The van der Waals surface area contributed by atoms with E-state index in [0.29, 0.717) is 12.1 Å². The third kappa shape index (κ3) is 5.56. The van der Waals surface area contributed by atoms with Gasteiger partial charge < -0.3 is 19.9 Å².